The Hall–Kier alpha value is -0.670. The molecule has 1 rings (SSSR count). The molecule has 0 spiro atoms. The van der Waals surface area contributed by atoms with Gasteiger partial charge in [0, 0.05) is 0 Å². The van der Waals surface area contributed by atoms with Gasteiger partial charge in [-0.1, -0.05) is 0 Å². The number of aryl methyl sites for hydroxylation is 1. The number of benzene rings is 1. The zero-order valence-electron chi connectivity index (χ0n) is 7.02. The van der Waals surface area contributed by atoms with Crippen molar-refractivity contribution < 1.29 is 13.9 Å². The Labute approximate surface area is 80.0 Å². The SMILES string of the molecule is Cc1cc(F)c(C(O)CCl)c(F)c1. The highest BCUT2D eigenvalue weighted by molar-refractivity contribution is 6.18. The van der Waals surface area contributed by atoms with Crippen molar-refractivity contribution in [3.63, 3.8) is 0 Å². The van der Waals surface area contributed by atoms with Crippen LogP contribution in [0.2, 0.25) is 0 Å². The van der Waals surface area contributed by atoms with Crippen LogP contribution in [-0.4, -0.2) is 11.0 Å². The third kappa shape index (κ3) is 2.17. The van der Waals surface area contributed by atoms with Crippen molar-refractivity contribution in [2.24, 2.45) is 0 Å². The zero-order chi connectivity index (χ0) is 10.0. The van der Waals surface area contributed by atoms with Gasteiger partial charge in [-0.2, -0.15) is 0 Å². The molecule has 1 aromatic carbocycles. The predicted molar refractivity (Wildman–Crippen MR) is 46.8 cm³/mol. The normalized spacial score (nSPS) is 13.0. The van der Waals surface area contributed by atoms with Gasteiger partial charge in [-0.25, -0.2) is 8.78 Å². The first-order valence-corrected chi connectivity index (χ1v) is 4.29. The highest BCUT2D eigenvalue weighted by Gasteiger charge is 2.17. The van der Waals surface area contributed by atoms with E-state index in [9.17, 15) is 8.78 Å². The Morgan fingerprint density at radius 3 is 2.23 bits per heavy atom. The van der Waals surface area contributed by atoms with E-state index in [1.807, 2.05) is 0 Å². The number of alkyl halides is 1. The molecule has 0 radical (unpaired) electrons. The molecule has 0 saturated carbocycles. The van der Waals surface area contributed by atoms with E-state index in [1.54, 1.807) is 6.92 Å². The molecule has 1 nitrogen and oxygen atoms in total. The number of halogens is 3. The summed E-state index contributed by atoms with van der Waals surface area (Å²) in [6, 6.07) is 2.32. The first kappa shape index (κ1) is 10.4. The molecule has 1 atom stereocenters. The Bertz CT molecular complexity index is 291. The average molecular weight is 207 g/mol. The van der Waals surface area contributed by atoms with Gasteiger partial charge in [0.25, 0.3) is 0 Å². The van der Waals surface area contributed by atoms with Crippen molar-refractivity contribution in [2.45, 2.75) is 13.0 Å². The zero-order valence-corrected chi connectivity index (χ0v) is 7.78. The monoisotopic (exact) mass is 206 g/mol. The van der Waals surface area contributed by atoms with Crippen molar-refractivity contribution in [1.82, 2.24) is 0 Å². The summed E-state index contributed by atoms with van der Waals surface area (Å²) in [7, 11) is 0. The average Bonchev–Trinajstić information content (AvgIpc) is 2.02. The van der Waals surface area contributed by atoms with Gasteiger partial charge in [0.2, 0.25) is 0 Å². The van der Waals surface area contributed by atoms with Crippen LogP contribution in [0.3, 0.4) is 0 Å². The van der Waals surface area contributed by atoms with Gasteiger partial charge in [-0.3, -0.25) is 0 Å². The Morgan fingerprint density at radius 1 is 1.38 bits per heavy atom. The summed E-state index contributed by atoms with van der Waals surface area (Å²) in [5, 5.41) is 9.17. The van der Waals surface area contributed by atoms with Crippen LogP contribution in [0.15, 0.2) is 12.1 Å². The van der Waals surface area contributed by atoms with Gasteiger partial charge in [-0.05, 0) is 24.6 Å². The molecule has 0 fully saturated rings. The molecule has 1 aromatic rings. The number of hydrogen-bond donors (Lipinski definition) is 1. The summed E-state index contributed by atoms with van der Waals surface area (Å²) >= 11 is 5.29. The highest BCUT2D eigenvalue weighted by atomic mass is 35.5. The van der Waals surface area contributed by atoms with Crippen molar-refractivity contribution >= 4 is 11.6 Å². The lowest BCUT2D eigenvalue weighted by atomic mass is 10.1. The smallest absolute Gasteiger partial charge is 0.132 e. The van der Waals surface area contributed by atoms with Crippen LogP contribution in [0.25, 0.3) is 0 Å². The third-order valence-electron chi connectivity index (χ3n) is 1.70. The molecule has 0 amide bonds. The van der Waals surface area contributed by atoms with Crippen LogP contribution >= 0.6 is 11.6 Å². The maximum atomic E-state index is 13.1. The Kier molecular flexibility index (Phi) is 3.22. The van der Waals surface area contributed by atoms with Crippen molar-refractivity contribution in [2.75, 3.05) is 5.88 Å². The van der Waals surface area contributed by atoms with E-state index in [1.165, 1.54) is 0 Å². The number of hydrogen-bond acceptors (Lipinski definition) is 1. The lowest BCUT2D eigenvalue weighted by Gasteiger charge is -2.10. The molecule has 4 heteroatoms. The van der Waals surface area contributed by atoms with Crippen LogP contribution in [0.1, 0.15) is 17.2 Å². The van der Waals surface area contributed by atoms with E-state index in [0.29, 0.717) is 5.56 Å². The quantitative estimate of drug-likeness (QED) is 0.738. The van der Waals surface area contributed by atoms with E-state index in [4.69, 9.17) is 16.7 Å². The minimum atomic E-state index is -1.29. The highest BCUT2D eigenvalue weighted by Crippen LogP contribution is 2.22. The van der Waals surface area contributed by atoms with Crippen LogP contribution < -0.4 is 0 Å². The van der Waals surface area contributed by atoms with E-state index < -0.39 is 17.7 Å². The molecule has 0 saturated heterocycles. The van der Waals surface area contributed by atoms with Crippen LogP contribution in [0, 0.1) is 18.6 Å². The van der Waals surface area contributed by atoms with Gasteiger partial charge in [-0.15, -0.1) is 11.6 Å². The first-order chi connectivity index (χ1) is 6.06. The van der Waals surface area contributed by atoms with Crippen LogP contribution in [-0.2, 0) is 0 Å². The maximum Gasteiger partial charge on any atom is 0.132 e. The van der Waals surface area contributed by atoms with Crippen LogP contribution in [0.4, 0.5) is 8.78 Å². The van der Waals surface area contributed by atoms with Gasteiger partial charge in [0.05, 0.1) is 17.5 Å². The van der Waals surface area contributed by atoms with Crippen LogP contribution in [0.5, 0.6) is 0 Å². The fraction of sp³-hybridized carbons (Fsp3) is 0.333. The number of aliphatic hydroxyl groups is 1. The molecule has 0 aliphatic rings. The molecule has 0 aliphatic carbocycles. The molecular weight excluding hydrogens is 198 g/mol. The van der Waals surface area contributed by atoms with Gasteiger partial charge in [0.1, 0.15) is 11.6 Å². The summed E-state index contributed by atoms with van der Waals surface area (Å²) in [5.41, 5.74) is 0.112. The third-order valence-corrected chi connectivity index (χ3v) is 2.00. The van der Waals surface area contributed by atoms with E-state index >= 15 is 0 Å². The Balaban J connectivity index is 3.20. The second-order valence-corrected chi connectivity index (χ2v) is 3.12. The Morgan fingerprint density at radius 2 is 1.85 bits per heavy atom. The number of aliphatic hydroxyl groups excluding tert-OH is 1. The lowest BCUT2D eigenvalue weighted by molar-refractivity contribution is 0.192. The predicted octanol–water partition coefficient (Wildman–Crippen LogP) is 2.55. The molecule has 0 heterocycles. The fourth-order valence-corrected chi connectivity index (χ4v) is 1.26. The van der Waals surface area contributed by atoms with Crippen molar-refractivity contribution in [3.05, 3.63) is 34.9 Å². The summed E-state index contributed by atoms with van der Waals surface area (Å²) in [6.45, 7) is 1.57. The van der Waals surface area contributed by atoms with Gasteiger partial charge in [0.15, 0.2) is 0 Å². The summed E-state index contributed by atoms with van der Waals surface area (Å²) in [6.07, 6.45) is -1.29. The maximum absolute atomic E-state index is 13.1. The minimum absolute atomic E-state index is 0.225. The summed E-state index contributed by atoms with van der Waals surface area (Å²) in [5.74, 6) is -1.74. The molecule has 1 N–H and O–H groups in total. The molecule has 0 aromatic heterocycles. The molecule has 72 valence electrons. The summed E-state index contributed by atoms with van der Waals surface area (Å²) in [4.78, 5) is 0. The molecule has 13 heavy (non-hydrogen) atoms. The first-order valence-electron chi connectivity index (χ1n) is 3.76. The minimum Gasteiger partial charge on any atom is -0.387 e. The molecular formula is C9H9ClF2O. The standard InChI is InChI=1S/C9H9ClF2O/c1-5-2-6(11)9(7(12)3-5)8(13)4-10/h2-3,8,13H,4H2,1H3. The van der Waals surface area contributed by atoms with E-state index in [-0.39, 0.29) is 11.4 Å². The fourth-order valence-electron chi connectivity index (χ4n) is 1.11. The summed E-state index contributed by atoms with van der Waals surface area (Å²) < 4.78 is 26.2. The topological polar surface area (TPSA) is 20.2 Å². The molecule has 0 aliphatic heterocycles. The lowest BCUT2D eigenvalue weighted by Crippen LogP contribution is -2.05. The number of rotatable bonds is 2. The van der Waals surface area contributed by atoms with Crippen molar-refractivity contribution in [1.29, 1.82) is 0 Å². The van der Waals surface area contributed by atoms with E-state index in [0.717, 1.165) is 12.1 Å². The second kappa shape index (κ2) is 4.03. The molecule has 1 unspecified atom stereocenters. The van der Waals surface area contributed by atoms with Gasteiger partial charge < -0.3 is 5.11 Å². The largest absolute Gasteiger partial charge is 0.387 e. The van der Waals surface area contributed by atoms with Crippen molar-refractivity contribution in [3.8, 4) is 0 Å². The van der Waals surface area contributed by atoms with E-state index in [2.05, 4.69) is 0 Å². The molecule has 0 bridgehead atoms. The van der Waals surface area contributed by atoms with Gasteiger partial charge >= 0.3 is 0 Å². The second-order valence-electron chi connectivity index (χ2n) is 2.81.